The van der Waals surface area contributed by atoms with Crippen LogP contribution < -0.4 is 19.5 Å². The van der Waals surface area contributed by atoms with Gasteiger partial charge in [-0.2, -0.15) is 0 Å². The fraction of sp³-hybridized carbons (Fsp3) is 0.136. The molecule has 0 spiro atoms. The summed E-state index contributed by atoms with van der Waals surface area (Å²) in [5.41, 5.74) is 0.557. The molecule has 6 heteroatoms. The van der Waals surface area contributed by atoms with Crippen molar-refractivity contribution < 1.29 is 19.0 Å². The predicted octanol–water partition coefficient (Wildman–Crippen LogP) is 5.55. The van der Waals surface area contributed by atoms with Gasteiger partial charge in [0, 0.05) is 5.02 Å². The van der Waals surface area contributed by atoms with Crippen LogP contribution >= 0.6 is 11.6 Å². The summed E-state index contributed by atoms with van der Waals surface area (Å²) < 4.78 is 16.8. The van der Waals surface area contributed by atoms with Gasteiger partial charge in [0.2, 0.25) is 0 Å². The van der Waals surface area contributed by atoms with E-state index in [4.69, 9.17) is 25.8 Å². The fourth-order valence-electron chi connectivity index (χ4n) is 2.42. The highest BCUT2D eigenvalue weighted by Crippen LogP contribution is 2.30. The lowest BCUT2D eigenvalue weighted by Gasteiger charge is -2.13. The molecule has 144 valence electrons. The van der Waals surface area contributed by atoms with E-state index in [0.717, 1.165) is 5.75 Å². The van der Waals surface area contributed by atoms with E-state index in [1.807, 2.05) is 43.3 Å². The second kappa shape index (κ2) is 9.67. The average molecular weight is 398 g/mol. The Morgan fingerprint density at radius 2 is 1.46 bits per heavy atom. The van der Waals surface area contributed by atoms with Gasteiger partial charge in [-0.3, -0.25) is 4.79 Å². The van der Waals surface area contributed by atoms with Crippen molar-refractivity contribution in [2.24, 2.45) is 0 Å². The lowest BCUT2D eigenvalue weighted by Crippen LogP contribution is -2.20. The predicted molar refractivity (Wildman–Crippen MR) is 110 cm³/mol. The molecule has 0 atom stereocenters. The Morgan fingerprint density at radius 3 is 2.18 bits per heavy atom. The van der Waals surface area contributed by atoms with Crippen LogP contribution in [0, 0.1) is 0 Å². The molecule has 3 aromatic carbocycles. The summed E-state index contributed by atoms with van der Waals surface area (Å²) in [6.45, 7) is 2.41. The molecule has 3 rings (SSSR count). The van der Waals surface area contributed by atoms with Gasteiger partial charge in [0.1, 0.15) is 17.2 Å². The number of hydrogen-bond donors (Lipinski definition) is 1. The first kappa shape index (κ1) is 19.6. The summed E-state index contributed by atoms with van der Waals surface area (Å²) in [6.07, 6.45) is 0. The molecule has 1 N–H and O–H groups in total. The van der Waals surface area contributed by atoms with Gasteiger partial charge >= 0.3 is 0 Å². The van der Waals surface area contributed by atoms with Crippen molar-refractivity contribution in [3.05, 3.63) is 77.8 Å². The third-order valence-electron chi connectivity index (χ3n) is 3.71. The number of halogens is 1. The van der Waals surface area contributed by atoms with Gasteiger partial charge in [0.25, 0.3) is 5.91 Å². The summed E-state index contributed by atoms with van der Waals surface area (Å²) in [5, 5.41) is 3.41. The second-order valence-corrected chi connectivity index (χ2v) is 6.23. The zero-order chi connectivity index (χ0) is 19.8. The SMILES string of the molecule is CCOc1ccc(Oc2ccccc2NC(=O)COc2ccc(Cl)cc2)cc1. The van der Waals surface area contributed by atoms with Gasteiger partial charge in [-0.25, -0.2) is 0 Å². The molecule has 0 aliphatic rings. The van der Waals surface area contributed by atoms with E-state index in [-0.39, 0.29) is 12.5 Å². The van der Waals surface area contributed by atoms with E-state index >= 15 is 0 Å². The molecule has 0 saturated carbocycles. The summed E-state index contributed by atoms with van der Waals surface area (Å²) >= 11 is 5.83. The van der Waals surface area contributed by atoms with E-state index in [9.17, 15) is 4.79 Å². The first-order chi connectivity index (χ1) is 13.6. The van der Waals surface area contributed by atoms with Crippen LogP contribution in [0.1, 0.15) is 6.92 Å². The van der Waals surface area contributed by atoms with E-state index in [2.05, 4.69) is 5.32 Å². The van der Waals surface area contributed by atoms with Gasteiger partial charge < -0.3 is 19.5 Å². The van der Waals surface area contributed by atoms with Crippen molar-refractivity contribution in [3.63, 3.8) is 0 Å². The number of ether oxygens (including phenoxy) is 3. The largest absolute Gasteiger partial charge is 0.494 e. The molecule has 1 amide bonds. The van der Waals surface area contributed by atoms with Crippen LogP contribution in [0.25, 0.3) is 0 Å². The lowest BCUT2D eigenvalue weighted by molar-refractivity contribution is -0.118. The fourth-order valence-corrected chi connectivity index (χ4v) is 2.55. The number of anilines is 1. The van der Waals surface area contributed by atoms with Crippen molar-refractivity contribution in [2.45, 2.75) is 6.92 Å². The Balaban J connectivity index is 1.61. The first-order valence-corrected chi connectivity index (χ1v) is 9.20. The van der Waals surface area contributed by atoms with Gasteiger partial charge in [-0.15, -0.1) is 0 Å². The highest BCUT2D eigenvalue weighted by molar-refractivity contribution is 6.30. The number of hydrogen-bond acceptors (Lipinski definition) is 4. The number of nitrogens with one attached hydrogen (secondary N) is 1. The van der Waals surface area contributed by atoms with Gasteiger partial charge in [-0.05, 0) is 67.6 Å². The van der Waals surface area contributed by atoms with Crippen molar-refractivity contribution in [3.8, 4) is 23.0 Å². The Bertz CT molecular complexity index is 911. The minimum atomic E-state index is -0.294. The maximum Gasteiger partial charge on any atom is 0.262 e. The molecule has 0 unspecified atom stereocenters. The molecule has 0 heterocycles. The van der Waals surface area contributed by atoms with Crippen molar-refractivity contribution >= 4 is 23.2 Å². The quantitative estimate of drug-likeness (QED) is 0.541. The van der Waals surface area contributed by atoms with Crippen LogP contribution in [-0.2, 0) is 4.79 Å². The Morgan fingerprint density at radius 1 is 0.857 bits per heavy atom. The highest BCUT2D eigenvalue weighted by Gasteiger charge is 2.09. The van der Waals surface area contributed by atoms with Gasteiger partial charge in [0.05, 0.1) is 12.3 Å². The number of carbonyl (C=O) groups excluding carboxylic acids is 1. The third kappa shape index (κ3) is 5.66. The monoisotopic (exact) mass is 397 g/mol. The molecule has 0 aliphatic carbocycles. The van der Waals surface area contributed by atoms with Crippen molar-refractivity contribution in [1.82, 2.24) is 0 Å². The summed E-state index contributed by atoms with van der Waals surface area (Å²) in [4.78, 5) is 12.2. The van der Waals surface area contributed by atoms with Crippen molar-refractivity contribution in [1.29, 1.82) is 0 Å². The van der Waals surface area contributed by atoms with E-state index < -0.39 is 0 Å². The highest BCUT2D eigenvalue weighted by atomic mass is 35.5. The number of rotatable bonds is 8. The number of para-hydroxylation sites is 2. The Kier molecular flexibility index (Phi) is 6.76. The van der Waals surface area contributed by atoms with Crippen LogP contribution in [-0.4, -0.2) is 19.1 Å². The molecule has 28 heavy (non-hydrogen) atoms. The first-order valence-electron chi connectivity index (χ1n) is 8.82. The van der Waals surface area contributed by atoms with Gasteiger partial charge in [-0.1, -0.05) is 23.7 Å². The third-order valence-corrected chi connectivity index (χ3v) is 3.96. The summed E-state index contributed by atoms with van der Waals surface area (Å²) in [6, 6.07) is 21.3. The molecular weight excluding hydrogens is 378 g/mol. The van der Waals surface area contributed by atoms with Crippen LogP contribution in [0.15, 0.2) is 72.8 Å². The zero-order valence-electron chi connectivity index (χ0n) is 15.4. The lowest BCUT2D eigenvalue weighted by atomic mass is 10.2. The number of carbonyl (C=O) groups is 1. The summed E-state index contributed by atoms with van der Waals surface area (Å²) in [7, 11) is 0. The molecule has 0 aromatic heterocycles. The topological polar surface area (TPSA) is 56.8 Å². The Hall–Kier alpha value is -3.18. The maximum atomic E-state index is 12.2. The molecule has 5 nitrogen and oxygen atoms in total. The molecule has 0 radical (unpaired) electrons. The number of benzene rings is 3. The molecule has 0 aliphatic heterocycles. The van der Waals surface area contributed by atoms with Crippen LogP contribution in [0.2, 0.25) is 5.02 Å². The van der Waals surface area contributed by atoms with Crippen molar-refractivity contribution in [2.75, 3.05) is 18.5 Å². The second-order valence-electron chi connectivity index (χ2n) is 5.79. The number of amides is 1. The molecule has 3 aromatic rings. The van der Waals surface area contributed by atoms with E-state index in [1.54, 1.807) is 36.4 Å². The maximum absolute atomic E-state index is 12.2. The standard InChI is InChI=1S/C22H20ClNO4/c1-2-26-17-11-13-19(14-12-17)28-21-6-4-3-5-20(21)24-22(25)15-27-18-9-7-16(23)8-10-18/h3-14H,2,15H2,1H3,(H,24,25). The smallest absolute Gasteiger partial charge is 0.262 e. The Labute approximate surface area is 168 Å². The average Bonchev–Trinajstić information content (AvgIpc) is 2.71. The van der Waals surface area contributed by atoms with Crippen LogP contribution in [0.3, 0.4) is 0 Å². The minimum absolute atomic E-state index is 0.126. The zero-order valence-corrected chi connectivity index (χ0v) is 16.1. The summed E-state index contributed by atoms with van der Waals surface area (Å²) in [5.74, 6) is 2.22. The van der Waals surface area contributed by atoms with Crippen LogP contribution in [0.5, 0.6) is 23.0 Å². The molecular formula is C22H20ClNO4. The molecule has 0 saturated heterocycles. The molecule has 0 fully saturated rings. The van der Waals surface area contributed by atoms with E-state index in [1.165, 1.54) is 0 Å². The minimum Gasteiger partial charge on any atom is -0.494 e. The normalized spacial score (nSPS) is 10.2. The van der Waals surface area contributed by atoms with E-state index in [0.29, 0.717) is 34.6 Å². The van der Waals surface area contributed by atoms with Gasteiger partial charge in [0.15, 0.2) is 12.4 Å². The molecule has 0 bridgehead atoms. The van der Waals surface area contributed by atoms with Crippen LogP contribution in [0.4, 0.5) is 5.69 Å².